The van der Waals surface area contributed by atoms with Crippen molar-refractivity contribution in [1.29, 1.82) is 0 Å². The first-order chi connectivity index (χ1) is 17.0. The number of aromatic nitrogens is 2. The van der Waals surface area contributed by atoms with Crippen molar-refractivity contribution >= 4 is 29.6 Å². The fourth-order valence-corrected chi connectivity index (χ4v) is 3.50. The molecule has 0 bridgehead atoms. The van der Waals surface area contributed by atoms with Crippen LogP contribution in [0.15, 0.2) is 90.2 Å². The molecule has 0 radical (unpaired) electrons. The fourth-order valence-electron chi connectivity index (χ4n) is 3.28. The number of benzene rings is 3. The van der Waals surface area contributed by atoms with Gasteiger partial charge < -0.3 is 10.1 Å². The topological polar surface area (TPSA) is 97.6 Å². The van der Waals surface area contributed by atoms with Gasteiger partial charge in [0.2, 0.25) is 0 Å². The van der Waals surface area contributed by atoms with Crippen LogP contribution in [-0.4, -0.2) is 41.5 Å². The Bertz CT molecular complexity index is 1350. The zero-order valence-electron chi connectivity index (χ0n) is 18.8. The summed E-state index contributed by atoms with van der Waals surface area (Å²) in [5.74, 6) is -0.193. The van der Waals surface area contributed by atoms with E-state index in [-0.39, 0.29) is 6.54 Å². The maximum absolute atomic E-state index is 12.2. The molecule has 0 saturated heterocycles. The van der Waals surface area contributed by atoms with Gasteiger partial charge in [0.25, 0.3) is 11.8 Å². The second-order valence-electron chi connectivity index (χ2n) is 7.40. The quantitative estimate of drug-likeness (QED) is 0.289. The number of carbonyl (C=O) groups is 2. The summed E-state index contributed by atoms with van der Waals surface area (Å²) >= 11 is 6.01. The second kappa shape index (κ2) is 11.1. The van der Waals surface area contributed by atoms with Gasteiger partial charge in [-0.2, -0.15) is 10.2 Å². The molecule has 0 aliphatic rings. The average molecular weight is 488 g/mol. The van der Waals surface area contributed by atoms with Gasteiger partial charge in [-0.3, -0.25) is 9.59 Å². The monoisotopic (exact) mass is 487 g/mol. The summed E-state index contributed by atoms with van der Waals surface area (Å²) in [5, 5.41) is 11.6. The van der Waals surface area contributed by atoms with E-state index in [1.165, 1.54) is 6.21 Å². The van der Waals surface area contributed by atoms with Crippen LogP contribution in [0.1, 0.15) is 15.9 Å². The largest absolute Gasteiger partial charge is 0.497 e. The van der Waals surface area contributed by atoms with Crippen LogP contribution in [0, 0.1) is 0 Å². The first-order valence-electron chi connectivity index (χ1n) is 10.7. The third-order valence-electron chi connectivity index (χ3n) is 5.05. The first-order valence-corrected chi connectivity index (χ1v) is 11.1. The molecule has 9 heteroatoms. The molecule has 176 valence electrons. The highest BCUT2D eigenvalue weighted by molar-refractivity contribution is 6.33. The summed E-state index contributed by atoms with van der Waals surface area (Å²) in [5.41, 5.74) is 5.84. The summed E-state index contributed by atoms with van der Waals surface area (Å²) in [6.45, 7) is -0.254. The third kappa shape index (κ3) is 5.93. The van der Waals surface area contributed by atoms with Crippen molar-refractivity contribution in [2.75, 3.05) is 13.7 Å². The van der Waals surface area contributed by atoms with E-state index < -0.39 is 11.8 Å². The summed E-state index contributed by atoms with van der Waals surface area (Å²) in [4.78, 5) is 24.4. The van der Waals surface area contributed by atoms with Gasteiger partial charge >= 0.3 is 0 Å². The number of para-hydroxylation sites is 1. The Balaban J connectivity index is 1.47. The zero-order chi connectivity index (χ0) is 24.6. The lowest BCUT2D eigenvalue weighted by Gasteiger charge is -2.05. The van der Waals surface area contributed by atoms with Crippen molar-refractivity contribution < 1.29 is 14.3 Å². The van der Waals surface area contributed by atoms with Gasteiger partial charge in [-0.25, -0.2) is 10.1 Å². The first kappa shape index (κ1) is 23.7. The highest BCUT2D eigenvalue weighted by atomic mass is 35.5. The Labute approximate surface area is 207 Å². The molecule has 3 aromatic carbocycles. The summed E-state index contributed by atoms with van der Waals surface area (Å²) in [6.07, 6.45) is 3.34. The van der Waals surface area contributed by atoms with Gasteiger partial charge in [0.05, 0.1) is 36.1 Å². The molecule has 0 aliphatic heterocycles. The molecule has 35 heavy (non-hydrogen) atoms. The molecule has 0 saturated carbocycles. The molecular weight excluding hydrogens is 466 g/mol. The molecule has 2 amide bonds. The number of rotatable bonds is 8. The second-order valence-corrected chi connectivity index (χ2v) is 7.80. The number of nitrogens with one attached hydrogen (secondary N) is 2. The number of methoxy groups -OCH3 is 1. The van der Waals surface area contributed by atoms with Crippen LogP contribution in [0.25, 0.3) is 16.9 Å². The van der Waals surface area contributed by atoms with Crippen LogP contribution >= 0.6 is 11.6 Å². The van der Waals surface area contributed by atoms with Crippen LogP contribution in [0.2, 0.25) is 5.02 Å². The standard InChI is InChI=1S/C26H22ClN5O3/c1-35-21-13-11-18(12-14-21)25-19(17-32(31-25)20-7-3-2-4-8-20)15-29-30-24(33)16-28-26(34)22-9-5-6-10-23(22)27/h2-15,17H,16H2,1H3,(H,28,34)(H,30,33). The van der Waals surface area contributed by atoms with Gasteiger partial charge in [-0.1, -0.05) is 41.9 Å². The Kier molecular flexibility index (Phi) is 7.54. The average Bonchev–Trinajstić information content (AvgIpc) is 3.32. The van der Waals surface area contributed by atoms with E-state index in [0.29, 0.717) is 21.8 Å². The molecule has 8 nitrogen and oxygen atoms in total. The molecule has 0 aliphatic carbocycles. The minimum atomic E-state index is -0.483. The van der Waals surface area contributed by atoms with Gasteiger partial charge in [0.15, 0.2) is 0 Å². The van der Waals surface area contributed by atoms with Gasteiger partial charge in [0.1, 0.15) is 11.4 Å². The number of nitrogens with zero attached hydrogens (tertiary/aromatic N) is 3. The van der Waals surface area contributed by atoms with Gasteiger partial charge in [-0.05, 0) is 48.5 Å². The van der Waals surface area contributed by atoms with E-state index in [1.54, 1.807) is 36.1 Å². The molecule has 2 N–H and O–H groups in total. The molecule has 0 unspecified atom stereocenters. The van der Waals surface area contributed by atoms with Crippen molar-refractivity contribution in [3.8, 4) is 22.7 Å². The van der Waals surface area contributed by atoms with E-state index in [9.17, 15) is 9.59 Å². The van der Waals surface area contributed by atoms with E-state index in [4.69, 9.17) is 21.4 Å². The van der Waals surface area contributed by atoms with Crippen molar-refractivity contribution in [2.45, 2.75) is 0 Å². The molecule has 1 aromatic heterocycles. The van der Waals surface area contributed by atoms with Crippen molar-refractivity contribution in [3.63, 3.8) is 0 Å². The van der Waals surface area contributed by atoms with Crippen molar-refractivity contribution in [2.24, 2.45) is 5.10 Å². The Morgan fingerprint density at radius 1 is 1.03 bits per heavy atom. The van der Waals surface area contributed by atoms with Crippen molar-refractivity contribution in [1.82, 2.24) is 20.5 Å². The Morgan fingerprint density at radius 2 is 1.74 bits per heavy atom. The van der Waals surface area contributed by atoms with Crippen LogP contribution in [0.3, 0.4) is 0 Å². The predicted molar refractivity (Wildman–Crippen MR) is 135 cm³/mol. The highest BCUT2D eigenvalue weighted by Crippen LogP contribution is 2.25. The molecule has 0 atom stereocenters. The lowest BCUT2D eigenvalue weighted by Crippen LogP contribution is -2.35. The minimum absolute atomic E-state index is 0.254. The molecule has 4 rings (SSSR count). The third-order valence-corrected chi connectivity index (χ3v) is 5.38. The van der Waals surface area contributed by atoms with E-state index >= 15 is 0 Å². The lowest BCUT2D eigenvalue weighted by atomic mass is 10.1. The van der Waals surface area contributed by atoms with E-state index in [1.807, 2.05) is 60.8 Å². The molecule has 0 fully saturated rings. The molecule has 1 heterocycles. The minimum Gasteiger partial charge on any atom is -0.497 e. The summed E-state index contributed by atoms with van der Waals surface area (Å²) in [6, 6.07) is 23.8. The van der Waals surface area contributed by atoms with Gasteiger partial charge in [0, 0.05) is 17.3 Å². The molecule has 4 aromatic rings. The SMILES string of the molecule is COc1ccc(-c2nn(-c3ccccc3)cc2C=NNC(=O)CNC(=O)c2ccccc2Cl)cc1. The normalized spacial score (nSPS) is 10.8. The summed E-state index contributed by atoms with van der Waals surface area (Å²) < 4.78 is 6.98. The zero-order valence-corrected chi connectivity index (χ0v) is 19.6. The predicted octanol–water partition coefficient (Wildman–Crippen LogP) is 4.08. The number of hydrogen-bond donors (Lipinski definition) is 2. The smallest absolute Gasteiger partial charge is 0.259 e. The van der Waals surface area contributed by atoms with Crippen LogP contribution in [0.4, 0.5) is 0 Å². The Morgan fingerprint density at radius 3 is 2.46 bits per heavy atom. The van der Waals surface area contributed by atoms with Crippen LogP contribution < -0.4 is 15.5 Å². The van der Waals surface area contributed by atoms with Crippen LogP contribution in [-0.2, 0) is 4.79 Å². The number of hydrazone groups is 1. The maximum atomic E-state index is 12.2. The number of ether oxygens (including phenoxy) is 1. The molecular formula is C26H22ClN5O3. The number of halogens is 1. The number of carbonyl (C=O) groups excluding carboxylic acids is 2. The molecule has 0 spiro atoms. The van der Waals surface area contributed by atoms with E-state index in [0.717, 1.165) is 17.0 Å². The van der Waals surface area contributed by atoms with Crippen LogP contribution in [0.5, 0.6) is 5.75 Å². The Hall–Kier alpha value is -4.43. The maximum Gasteiger partial charge on any atom is 0.259 e. The fraction of sp³-hybridized carbons (Fsp3) is 0.0769. The number of amides is 2. The number of hydrogen-bond acceptors (Lipinski definition) is 5. The highest BCUT2D eigenvalue weighted by Gasteiger charge is 2.13. The van der Waals surface area contributed by atoms with E-state index in [2.05, 4.69) is 15.8 Å². The summed E-state index contributed by atoms with van der Waals surface area (Å²) in [7, 11) is 1.61. The van der Waals surface area contributed by atoms with Gasteiger partial charge in [-0.15, -0.1) is 0 Å². The lowest BCUT2D eigenvalue weighted by molar-refractivity contribution is -0.120. The van der Waals surface area contributed by atoms with Crippen molar-refractivity contribution in [3.05, 3.63) is 101 Å².